The van der Waals surface area contributed by atoms with Crippen molar-refractivity contribution in [1.82, 2.24) is 4.90 Å². The summed E-state index contributed by atoms with van der Waals surface area (Å²) in [6.07, 6.45) is 6.29. The standard InChI is InChI=1S/C16H21NO2/c1-2-19-16(18)17-12-10-15(11-13-17)9-8-14-6-4-3-5-7-14/h3-9,15H,2,10-13H2,1H3/b9-8+. The molecule has 1 amide bonds. The molecule has 1 aliphatic rings. The molecule has 0 unspecified atom stereocenters. The summed E-state index contributed by atoms with van der Waals surface area (Å²) >= 11 is 0. The topological polar surface area (TPSA) is 29.5 Å². The van der Waals surface area contributed by atoms with Gasteiger partial charge in [-0.3, -0.25) is 0 Å². The van der Waals surface area contributed by atoms with Gasteiger partial charge in [-0.2, -0.15) is 0 Å². The van der Waals surface area contributed by atoms with Crippen LogP contribution in [0.4, 0.5) is 4.79 Å². The Hall–Kier alpha value is -1.77. The average Bonchev–Trinajstić information content (AvgIpc) is 2.47. The van der Waals surface area contributed by atoms with Crippen LogP contribution in [-0.2, 0) is 4.74 Å². The predicted octanol–water partition coefficient (Wildman–Crippen LogP) is 3.57. The van der Waals surface area contributed by atoms with Crippen LogP contribution in [0.1, 0.15) is 25.3 Å². The molecule has 0 N–H and O–H groups in total. The summed E-state index contributed by atoms with van der Waals surface area (Å²) in [5, 5.41) is 0. The van der Waals surface area contributed by atoms with Gasteiger partial charge in [0.1, 0.15) is 0 Å². The van der Waals surface area contributed by atoms with E-state index in [0.717, 1.165) is 25.9 Å². The molecule has 3 nitrogen and oxygen atoms in total. The summed E-state index contributed by atoms with van der Waals surface area (Å²) in [4.78, 5) is 13.4. The number of carbonyl (C=O) groups is 1. The van der Waals surface area contributed by atoms with Gasteiger partial charge in [-0.05, 0) is 31.2 Å². The van der Waals surface area contributed by atoms with E-state index in [9.17, 15) is 4.79 Å². The zero-order valence-corrected chi connectivity index (χ0v) is 11.4. The highest BCUT2D eigenvalue weighted by Crippen LogP contribution is 2.20. The van der Waals surface area contributed by atoms with Gasteiger partial charge in [0.15, 0.2) is 0 Å². The van der Waals surface area contributed by atoms with E-state index >= 15 is 0 Å². The van der Waals surface area contributed by atoms with E-state index < -0.39 is 0 Å². The fourth-order valence-corrected chi connectivity index (χ4v) is 2.30. The number of likely N-dealkylation sites (tertiary alicyclic amines) is 1. The molecule has 0 aliphatic carbocycles. The average molecular weight is 259 g/mol. The number of hydrogen-bond acceptors (Lipinski definition) is 2. The lowest BCUT2D eigenvalue weighted by molar-refractivity contribution is 0.0954. The molecule has 1 aromatic rings. The molecule has 102 valence electrons. The fourth-order valence-electron chi connectivity index (χ4n) is 2.30. The number of ether oxygens (including phenoxy) is 1. The van der Waals surface area contributed by atoms with Crippen molar-refractivity contribution in [1.29, 1.82) is 0 Å². The number of hydrogen-bond donors (Lipinski definition) is 0. The molecule has 0 atom stereocenters. The van der Waals surface area contributed by atoms with Crippen LogP contribution >= 0.6 is 0 Å². The van der Waals surface area contributed by atoms with E-state index in [2.05, 4.69) is 24.3 Å². The molecule has 0 radical (unpaired) electrons. The van der Waals surface area contributed by atoms with E-state index in [-0.39, 0.29) is 6.09 Å². The summed E-state index contributed by atoms with van der Waals surface area (Å²) in [6.45, 7) is 3.88. The predicted molar refractivity (Wildman–Crippen MR) is 76.8 cm³/mol. The molecule has 3 heteroatoms. The number of allylic oxidation sites excluding steroid dienone is 1. The van der Waals surface area contributed by atoms with E-state index in [4.69, 9.17) is 4.74 Å². The number of amides is 1. The lowest BCUT2D eigenvalue weighted by Crippen LogP contribution is -2.38. The largest absolute Gasteiger partial charge is 0.450 e. The van der Waals surface area contributed by atoms with Crippen LogP contribution in [0.5, 0.6) is 0 Å². The van der Waals surface area contributed by atoms with Crippen LogP contribution in [0.2, 0.25) is 0 Å². The highest BCUT2D eigenvalue weighted by molar-refractivity contribution is 5.67. The zero-order valence-electron chi connectivity index (χ0n) is 11.4. The van der Waals surface area contributed by atoms with Gasteiger partial charge in [-0.1, -0.05) is 42.5 Å². The highest BCUT2D eigenvalue weighted by atomic mass is 16.6. The first-order valence-corrected chi connectivity index (χ1v) is 6.94. The molecule has 0 spiro atoms. The van der Waals surface area contributed by atoms with Crippen LogP contribution in [0, 0.1) is 5.92 Å². The molecule has 0 saturated carbocycles. The number of piperidine rings is 1. The van der Waals surface area contributed by atoms with Gasteiger partial charge < -0.3 is 9.64 Å². The maximum absolute atomic E-state index is 11.6. The summed E-state index contributed by atoms with van der Waals surface area (Å²) < 4.78 is 5.01. The first-order chi connectivity index (χ1) is 9.29. The van der Waals surface area contributed by atoms with E-state index in [1.165, 1.54) is 5.56 Å². The van der Waals surface area contributed by atoms with Gasteiger partial charge in [0.25, 0.3) is 0 Å². The second-order valence-corrected chi connectivity index (χ2v) is 4.79. The Kier molecular flexibility index (Phi) is 5.01. The summed E-state index contributed by atoms with van der Waals surface area (Å²) in [5.74, 6) is 0.561. The van der Waals surface area contributed by atoms with Crippen molar-refractivity contribution in [3.63, 3.8) is 0 Å². The molecule has 1 aliphatic heterocycles. The molecule has 0 bridgehead atoms. The van der Waals surface area contributed by atoms with Gasteiger partial charge in [-0.15, -0.1) is 0 Å². The summed E-state index contributed by atoms with van der Waals surface area (Å²) in [5.41, 5.74) is 1.23. The van der Waals surface area contributed by atoms with Crippen molar-refractivity contribution >= 4 is 12.2 Å². The van der Waals surface area contributed by atoms with Crippen molar-refractivity contribution in [3.8, 4) is 0 Å². The molecule has 2 rings (SSSR count). The lowest BCUT2D eigenvalue weighted by Gasteiger charge is -2.29. The second-order valence-electron chi connectivity index (χ2n) is 4.79. The Labute approximate surface area is 114 Å². The van der Waals surface area contributed by atoms with Gasteiger partial charge in [0.2, 0.25) is 0 Å². The van der Waals surface area contributed by atoms with Crippen LogP contribution in [0.25, 0.3) is 6.08 Å². The molecular weight excluding hydrogens is 238 g/mol. The molecule has 1 saturated heterocycles. The summed E-state index contributed by atoms with van der Waals surface area (Å²) in [7, 11) is 0. The van der Waals surface area contributed by atoms with E-state index in [0.29, 0.717) is 12.5 Å². The van der Waals surface area contributed by atoms with Crippen LogP contribution in [0.3, 0.4) is 0 Å². The second kappa shape index (κ2) is 6.98. The molecule has 19 heavy (non-hydrogen) atoms. The van der Waals surface area contributed by atoms with E-state index in [1.807, 2.05) is 25.1 Å². The van der Waals surface area contributed by atoms with Gasteiger partial charge in [-0.25, -0.2) is 4.79 Å². The van der Waals surface area contributed by atoms with Crippen molar-refractivity contribution in [2.45, 2.75) is 19.8 Å². The Morgan fingerprint density at radius 3 is 2.63 bits per heavy atom. The Morgan fingerprint density at radius 1 is 1.32 bits per heavy atom. The first-order valence-electron chi connectivity index (χ1n) is 6.94. The van der Waals surface area contributed by atoms with E-state index in [1.54, 1.807) is 4.90 Å². The maximum atomic E-state index is 11.6. The minimum absolute atomic E-state index is 0.173. The molecule has 1 aromatic carbocycles. The normalized spacial score (nSPS) is 16.8. The number of nitrogens with zero attached hydrogens (tertiary/aromatic N) is 1. The first kappa shape index (κ1) is 13.7. The Morgan fingerprint density at radius 2 is 2.00 bits per heavy atom. The third-order valence-electron chi connectivity index (χ3n) is 3.43. The molecular formula is C16H21NO2. The minimum atomic E-state index is -0.173. The fraction of sp³-hybridized carbons (Fsp3) is 0.438. The molecule has 0 aromatic heterocycles. The van der Waals surface area contributed by atoms with Crippen molar-refractivity contribution < 1.29 is 9.53 Å². The lowest BCUT2D eigenvalue weighted by atomic mass is 9.96. The third-order valence-corrected chi connectivity index (χ3v) is 3.43. The third kappa shape index (κ3) is 4.12. The van der Waals surface area contributed by atoms with Gasteiger partial charge >= 0.3 is 6.09 Å². The SMILES string of the molecule is CCOC(=O)N1CCC(/C=C/c2ccccc2)CC1. The molecule has 1 heterocycles. The number of carbonyl (C=O) groups excluding carboxylic acids is 1. The zero-order chi connectivity index (χ0) is 13.5. The van der Waals surface area contributed by atoms with Crippen molar-refractivity contribution in [3.05, 3.63) is 42.0 Å². The van der Waals surface area contributed by atoms with Crippen molar-refractivity contribution in [2.75, 3.05) is 19.7 Å². The number of benzene rings is 1. The highest BCUT2D eigenvalue weighted by Gasteiger charge is 2.21. The summed E-state index contributed by atoms with van der Waals surface area (Å²) in [6, 6.07) is 10.3. The quantitative estimate of drug-likeness (QED) is 0.830. The van der Waals surface area contributed by atoms with Crippen LogP contribution in [-0.4, -0.2) is 30.7 Å². The maximum Gasteiger partial charge on any atom is 0.409 e. The van der Waals surface area contributed by atoms with Crippen LogP contribution in [0.15, 0.2) is 36.4 Å². The van der Waals surface area contributed by atoms with Gasteiger partial charge in [0, 0.05) is 13.1 Å². The Balaban J connectivity index is 1.80. The van der Waals surface area contributed by atoms with Crippen LogP contribution < -0.4 is 0 Å². The molecule has 1 fully saturated rings. The smallest absolute Gasteiger partial charge is 0.409 e. The minimum Gasteiger partial charge on any atom is -0.450 e. The van der Waals surface area contributed by atoms with Crippen molar-refractivity contribution in [2.24, 2.45) is 5.92 Å². The van der Waals surface area contributed by atoms with Gasteiger partial charge in [0.05, 0.1) is 6.61 Å². The monoisotopic (exact) mass is 259 g/mol. The number of rotatable bonds is 3. The Bertz CT molecular complexity index is 420.